The number of hydrogen-bond acceptors (Lipinski definition) is 5. The van der Waals surface area contributed by atoms with Crippen LogP contribution < -0.4 is 11.1 Å². The molecule has 0 bridgehead atoms. The van der Waals surface area contributed by atoms with Gasteiger partial charge in [0.2, 0.25) is 5.82 Å². The number of nitrogen functional groups attached to an aromatic ring is 1. The topological polar surface area (TPSA) is 94.1 Å². The van der Waals surface area contributed by atoms with Gasteiger partial charge in [-0.15, -0.1) is 0 Å². The number of aromatic nitrogens is 1. The fourth-order valence-corrected chi connectivity index (χ4v) is 1.71. The van der Waals surface area contributed by atoms with Gasteiger partial charge in [0.05, 0.1) is 4.92 Å². The number of nitrogens with two attached hydrogens (primary N) is 1. The van der Waals surface area contributed by atoms with Crippen molar-refractivity contribution in [3.05, 3.63) is 52.1 Å². The van der Waals surface area contributed by atoms with Crippen molar-refractivity contribution >= 4 is 23.0 Å². The highest BCUT2D eigenvalue weighted by atomic mass is 16.6. The maximum Gasteiger partial charge on any atom is 0.311 e. The van der Waals surface area contributed by atoms with Gasteiger partial charge in [0.25, 0.3) is 0 Å². The Hall–Kier alpha value is -2.63. The molecule has 0 radical (unpaired) electrons. The van der Waals surface area contributed by atoms with Crippen LogP contribution in [0.25, 0.3) is 0 Å². The molecular weight excluding hydrogens is 244 g/mol. The van der Waals surface area contributed by atoms with E-state index >= 15 is 0 Å². The molecule has 0 aliphatic heterocycles. The summed E-state index contributed by atoms with van der Waals surface area (Å²) in [6.07, 6.45) is 0.891. The zero-order chi connectivity index (χ0) is 13.8. The predicted molar refractivity (Wildman–Crippen MR) is 74.4 cm³/mol. The van der Waals surface area contributed by atoms with E-state index in [1.807, 2.05) is 31.2 Å². The van der Waals surface area contributed by atoms with Crippen molar-refractivity contribution in [1.29, 1.82) is 0 Å². The fraction of sp³-hybridized carbons (Fsp3) is 0.154. The summed E-state index contributed by atoms with van der Waals surface area (Å²) >= 11 is 0. The van der Waals surface area contributed by atoms with Crippen molar-refractivity contribution in [3.8, 4) is 0 Å². The first kappa shape index (κ1) is 12.8. The molecule has 98 valence electrons. The van der Waals surface area contributed by atoms with Gasteiger partial charge >= 0.3 is 5.69 Å². The van der Waals surface area contributed by atoms with Crippen LogP contribution in [0, 0.1) is 10.1 Å². The largest absolute Gasteiger partial charge is 0.384 e. The second-order valence-electron chi connectivity index (χ2n) is 4.04. The van der Waals surface area contributed by atoms with E-state index in [0.717, 1.165) is 17.7 Å². The third-order valence-electron chi connectivity index (χ3n) is 2.69. The molecule has 0 atom stereocenters. The van der Waals surface area contributed by atoms with Gasteiger partial charge < -0.3 is 11.1 Å². The first-order valence-corrected chi connectivity index (χ1v) is 5.87. The monoisotopic (exact) mass is 258 g/mol. The Kier molecular flexibility index (Phi) is 3.61. The Morgan fingerprint density at radius 3 is 2.84 bits per heavy atom. The summed E-state index contributed by atoms with van der Waals surface area (Å²) in [5.41, 5.74) is 7.35. The van der Waals surface area contributed by atoms with Gasteiger partial charge in [-0.2, -0.15) is 0 Å². The van der Waals surface area contributed by atoms with E-state index in [9.17, 15) is 10.1 Å². The van der Waals surface area contributed by atoms with E-state index in [1.54, 1.807) is 0 Å². The lowest BCUT2D eigenvalue weighted by atomic mass is 10.1. The van der Waals surface area contributed by atoms with Crippen LogP contribution in [0.15, 0.2) is 36.4 Å². The molecule has 1 heterocycles. The Bertz CT molecular complexity index is 613. The maximum atomic E-state index is 10.9. The van der Waals surface area contributed by atoms with Crippen molar-refractivity contribution < 1.29 is 4.92 Å². The Balaban J connectivity index is 2.36. The number of nitro groups is 1. The van der Waals surface area contributed by atoms with E-state index in [2.05, 4.69) is 10.3 Å². The van der Waals surface area contributed by atoms with Gasteiger partial charge in [-0.3, -0.25) is 10.1 Å². The summed E-state index contributed by atoms with van der Waals surface area (Å²) in [5.74, 6) is 0.387. The number of pyridine rings is 1. The Morgan fingerprint density at radius 1 is 1.37 bits per heavy atom. The molecule has 6 heteroatoms. The quantitative estimate of drug-likeness (QED) is 0.649. The molecule has 0 unspecified atom stereocenters. The first-order valence-electron chi connectivity index (χ1n) is 5.87. The predicted octanol–water partition coefficient (Wildman–Crippen LogP) is 2.88. The second kappa shape index (κ2) is 5.34. The number of anilines is 3. The van der Waals surface area contributed by atoms with E-state index < -0.39 is 4.92 Å². The third-order valence-corrected chi connectivity index (χ3v) is 2.69. The molecule has 0 aliphatic carbocycles. The number of hydrogen-bond donors (Lipinski definition) is 2. The first-order chi connectivity index (χ1) is 9.10. The van der Waals surface area contributed by atoms with Gasteiger partial charge in [-0.25, -0.2) is 4.98 Å². The molecule has 0 spiro atoms. The van der Waals surface area contributed by atoms with Crippen molar-refractivity contribution in [3.63, 3.8) is 0 Å². The lowest BCUT2D eigenvalue weighted by Crippen LogP contribution is -2.02. The number of rotatable bonds is 4. The smallest absolute Gasteiger partial charge is 0.311 e. The molecule has 0 aliphatic rings. The molecule has 0 fully saturated rings. The lowest BCUT2D eigenvalue weighted by Gasteiger charge is -2.08. The van der Waals surface area contributed by atoms with Gasteiger partial charge in [-0.1, -0.05) is 19.1 Å². The van der Waals surface area contributed by atoms with Gasteiger partial charge in [0.1, 0.15) is 5.82 Å². The molecule has 3 N–H and O–H groups in total. The molecular formula is C13H14N4O2. The molecule has 2 rings (SSSR count). The number of aryl methyl sites for hydroxylation is 1. The van der Waals surface area contributed by atoms with E-state index in [-0.39, 0.29) is 17.3 Å². The van der Waals surface area contributed by atoms with E-state index in [0.29, 0.717) is 0 Å². The highest BCUT2D eigenvalue weighted by molar-refractivity contribution is 5.67. The zero-order valence-corrected chi connectivity index (χ0v) is 10.5. The van der Waals surface area contributed by atoms with Crippen LogP contribution in [0.3, 0.4) is 0 Å². The minimum atomic E-state index is -0.488. The van der Waals surface area contributed by atoms with E-state index in [4.69, 9.17) is 5.73 Å². The molecule has 1 aromatic carbocycles. The van der Waals surface area contributed by atoms with Crippen LogP contribution >= 0.6 is 0 Å². The van der Waals surface area contributed by atoms with Gasteiger partial charge in [0, 0.05) is 11.8 Å². The van der Waals surface area contributed by atoms with Crippen molar-refractivity contribution in [2.75, 3.05) is 11.1 Å². The minimum Gasteiger partial charge on any atom is -0.384 e. The van der Waals surface area contributed by atoms with Gasteiger partial charge in [0.15, 0.2) is 0 Å². The second-order valence-corrected chi connectivity index (χ2v) is 4.04. The summed E-state index contributed by atoms with van der Waals surface area (Å²) in [5, 5.41) is 13.9. The molecule has 6 nitrogen and oxygen atoms in total. The maximum absolute atomic E-state index is 10.9. The number of nitrogens with zero attached hydrogens (tertiary/aromatic N) is 2. The highest BCUT2D eigenvalue weighted by Gasteiger charge is 2.15. The SMILES string of the molecule is CCc1cccc(Nc2nc(N)ccc2[N+](=O)[O-])c1. The van der Waals surface area contributed by atoms with Crippen molar-refractivity contribution in [1.82, 2.24) is 4.98 Å². The molecule has 0 saturated carbocycles. The number of benzene rings is 1. The van der Waals surface area contributed by atoms with Crippen LogP contribution in [0.4, 0.5) is 23.0 Å². The normalized spacial score (nSPS) is 10.2. The summed E-state index contributed by atoms with van der Waals surface area (Å²) in [6.45, 7) is 2.04. The fourth-order valence-electron chi connectivity index (χ4n) is 1.71. The molecule has 19 heavy (non-hydrogen) atoms. The van der Waals surface area contributed by atoms with Crippen LogP contribution in [0.2, 0.25) is 0 Å². The average Bonchev–Trinajstić information content (AvgIpc) is 2.38. The van der Waals surface area contributed by atoms with Crippen LogP contribution in [0.1, 0.15) is 12.5 Å². The van der Waals surface area contributed by atoms with Crippen LogP contribution in [0.5, 0.6) is 0 Å². The molecule has 0 amide bonds. The number of nitrogens with one attached hydrogen (secondary N) is 1. The standard InChI is InChI=1S/C13H14N4O2/c1-2-9-4-3-5-10(8-9)15-13-11(17(18)19)6-7-12(14)16-13/h3-8H,2H2,1H3,(H3,14,15,16). The lowest BCUT2D eigenvalue weighted by molar-refractivity contribution is -0.384. The molecule has 0 saturated heterocycles. The van der Waals surface area contributed by atoms with Crippen LogP contribution in [-0.4, -0.2) is 9.91 Å². The molecule has 2 aromatic rings. The van der Waals surface area contributed by atoms with Gasteiger partial charge in [-0.05, 0) is 30.2 Å². The van der Waals surface area contributed by atoms with Crippen LogP contribution in [-0.2, 0) is 6.42 Å². The Labute approximate surface area is 110 Å². The summed E-state index contributed by atoms with van der Waals surface area (Å²) in [6, 6.07) is 10.4. The van der Waals surface area contributed by atoms with Crippen molar-refractivity contribution in [2.24, 2.45) is 0 Å². The average molecular weight is 258 g/mol. The van der Waals surface area contributed by atoms with E-state index in [1.165, 1.54) is 12.1 Å². The summed E-state index contributed by atoms with van der Waals surface area (Å²) in [7, 11) is 0. The summed E-state index contributed by atoms with van der Waals surface area (Å²) < 4.78 is 0. The summed E-state index contributed by atoms with van der Waals surface area (Å²) in [4.78, 5) is 14.4. The molecule has 1 aromatic heterocycles. The van der Waals surface area contributed by atoms with Crippen molar-refractivity contribution in [2.45, 2.75) is 13.3 Å². The highest BCUT2D eigenvalue weighted by Crippen LogP contribution is 2.26. The third kappa shape index (κ3) is 2.98. The zero-order valence-electron chi connectivity index (χ0n) is 10.5. The minimum absolute atomic E-state index is 0.101. The Morgan fingerprint density at radius 2 is 2.16 bits per heavy atom.